The highest BCUT2D eigenvalue weighted by Gasteiger charge is 2.43. The van der Waals surface area contributed by atoms with Gasteiger partial charge in [0, 0.05) is 37.1 Å². The third-order valence-corrected chi connectivity index (χ3v) is 15.4. The van der Waals surface area contributed by atoms with Crippen molar-refractivity contribution in [3.8, 4) is 5.82 Å². The van der Waals surface area contributed by atoms with Gasteiger partial charge in [0.1, 0.15) is 5.82 Å². The summed E-state index contributed by atoms with van der Waals surface area (Å²) in [5.41, 5.74) is 2.34. The van der Waals surface area contributed by atoms with Gasteiger partial charge >= 0.3 is 0 Å². The molecule has 0 spiro atoms. The Balaban J connectivity index is 1.36. The van der Waals surface area contributed by atoms with E-state index >= 15 is 0 Å². The van der Waals surface area contributed by atoms with Crippen LogP contribution in [0.15, 0.2) is 170 Å². The molecule has 0 aliphatic heterocycles. The Labute approximate surface area is 266 Å². The minimum Gasteiger partial charge on any atom is -0.294 e. The predicted molar refractivity (Wildman–Crippen MR) is 195 cm³/mol. The van der Waals surface area contributed by atoms with Gasteiger partial charge < -0.3 is 0 Å². The van der Waals surface area contributed by atoms with Crippen LogP contribution in [0.5, 0.6) is 0 Å². The molecule has 0 fully saturated rings. The molecule has 3 aromatic heterocycles. The van der Waals surface area contributed by atoms with E-state index in [-0.39, 0.29) is 0 Å². The molecule has 0 unspecified atom stereocenters. The van der Waals surface area contributed by atoms with Crippen LogP contribution in [0.25, 0.3) is 47.8 Å². The zero-order valence-corrected chi connectivity index (χ0v) is 26.3. The molecule has 9 rings (SSSR count). The van der Waals surface area contributed by atoms with E-state index in [9.17, 15) is 0 Å². The number of rotatable bonds is 5. The van der Waals surface area contributed by atoms with E-state index in [2.05, 4.69) is 175 Å². The average Bonchev–Trinajstić information content (AvgIpc) is 3.66. The topological polar surface area (TPSA) is 17.8 Å². The standard InChI is InChI=1S/C41H28N2SSi/c1-3-14-29(15-4-1)45(30-16-5-2-6-17-30,39-25-13-21-35-34-20-9-12-24-38(34)44-41(35)39)31-26-27-40(42-28-31)43-36-22-10-7-18-32(36)33-19-8-11-23-37(33)43/h1-28H. The van der Waals surface area contributed by atoms with Crippen LogP contribution in [0.4, 0.5) is 0 Å². The van der Waals surface area contributed by atoms with Gasteiger partial charge in [0.2, 0.25) is 0 Å². The number of hydrogen-bond donors (Lipinski definition) is 0. The van der Waals surface area contributed by atoms with Gasteiger partial charge in [0.15, 0.2) is 8.07 Å². The summed E-state index contributed by atoms with van der Waals surface area (Å²) in [6.07, 6.45) is 2.16. The molecule has 0 saturated heterocycles. The fraction of sp³-hybridized carbons (Fsp3) is 0. The van der Waals surface area contributed by atoms with Gasteiger partial charge in [0.05, 0.1) is 11.0 Å². The zero-order chi connectivity index (χ0) is 29.8. The van der Waals surface area contributed by atoms with Crippen LogP contribution in [0.1, 0.15) is 0 Å². The van der Waals surface area contributed by atoms with E-state index in [0.717, 1.165) is 5.82 Å². The Morgan fingerprint density at radius 2 is 1.00 bits per heavy atom. The van der Waals surface area contributed by atoms with Crippen molar-refractivity contribution in [2.45, 2.75) is 0 Å². The predicted octanol–water partition coefficient (Wildman–Crippen LogP) is 7.92. The molecule has 0 bridgehead atoms. The average molecular weight is 609 g/mol. The van der Waals surface area contributed by atoms with Gasteiger partial charge in [-0.1, -0.05) is 140 Å². The number of benzene rings is 6. The van der Waals surface area contributed by atoms with Gasteiger partial charge in [-0.05, 0) is 45.0 Å². The van der Waals surface area contributed by atoms with Crippen LogP contribution in [0, 0.1) is 0 Å². The molecule has 0 aliphatic carbocycles. The van der Waals surface area contributed by atoms with Gasteiger partial charge in [-0.3, -0.25) is 4.57 Å². The molecule has 6 aromatic carbocycles. The molecular weight excluding hydrogens is 581 g/mol. The van der Waals surface area contributed by atoms with Crippen LogP contribution in [0.2, 0.25) is 0 Å². The van der Waals surface area contributed by atoms with Crippen LogP contribution in [-0.2, 0) is 0 Å². The summed E-state index contributed by atoms with van der Waals surface area (Å²) in [6.45, 7) is 0. The van der Waals surface area contributed by atoms with E-state index in [1.54, 1.807) is 0 Å². The lowest BCUT2D eigenvalue weighted by Crippen LogP contribution is -2.74. The zero-order valence-electron chi connectivity index (χ0n) is 24.5. The Morgan fingerprint density at radius 1 is 0.444 bits per heavy atom. The van der Waals surface area contributed by atoms with Crippen LogP contribution in [0.3, 0.4) is 0 Å². The van der Waals surface area contributed by atoms with Crippen LogP contribution < -0.4 is 20.7 Å². The number of nitrogens with zero attached hydrogens (tertiary/aromatic N) is 2. The summed E-state index contributed by atoms with van der Waals surface area (Å²) in [4.78, 5) is 5.29. The van der Waals surface area contributed by atoms with E-state index in [4.69, 9.17) is 4.98 Å². The molecule has 0 atom stereocenters. The summed E-state index contributed by atoms with van der Waals surface area (Å²) in [5, 5.41) is 10.5. The first kappa shape index (κ1) is 26.1. The number of para-hydroxylation sites is 2. The molecule has 0 amide bonds. The first-order valence-electron chi connectivity index (χ1n) is 15.3. The Morgan fingerprint density at radius 3 is 1.62 bits per heavy atom. The number of pyridine rings is 1. The molecule has 0 aliphatic rings. The Bertz CT molecular complexity index is 2390. The van der Waals surface area contributed by atoms with Gasteiger partial charge in [0.25, 0.3) is 0 Å². The second kappa shape index (κ2) is 10.4. The lowest BCUT2D eigenvalue weighted by atomic mass is 10.1. The number of fused-ring (bicyclic) bond motifs is 6. The molecule has 2 nitrogen and oxygen atoms in total. The number of hydrogen-bond acceptors (Lipinski definition) is 2. The van der Waals surface area contributed by atoms with Crippen LogP contribution in [-0.4, -0.2) is 17.6 Å². The summed E-state index contributed by atoms with van der Waals surface area (Å²) in [6, 6.07) is 59.8. The summed E-state index contributed by atoms with van der Waals surface area (Å²) < 4.78 is 4.99. The lowest BCUT2D eigenvalue weighted by Gasteiger charge is -2.34. The SMILES string of the molecule is c1ccc([Si](c2ccccc2)(c2ccc(-n3c4ccccc4c4ccccc43)nc2)c2cccc3c2sc2ccccc23)cc1. The minimum absolute atomic E-state index is 0.931. The van der Waals surface area contributed by atoms with Crippen molar-refractivity contribution in [2.75, 3.05) is 0 Å². The number of aromatic nitrogens is 2. The minimum atomic E-state index is -2.80. The second-order valence-corrected chi connectivity index (χ2v) is 16.4. The van der Waals surface area contributed by atoms with Crippen molar-refractivity contribution in [1.82, 2.24) is 9.55 Å². The second-order valence-electron chi connectivity index (χ2n) is 11.5. The summed E-state index contributed by atoms with van der Waals surface area (Å²) in [7, 11) is -2.80. The maximum atomic E-state index is 5.29. The van der Waals surface area contributed by atoms with Crippen LogP contribution >= 0.6 is 11.3 Å². The largest absolute Gasteiger partial charge is 0.294 e. The summed E-state index contributed by atoms with van der Waals surface area (Å²) in [5.74, 6) is 0.931. The Kier molecular flexibility index (Phi) is 6.05. The van der Waals surface area contributed by atoms with Crippen molar-refractivity contribution < 1.29 is 0 Å². The van der Waals surface area contributed by atoms with Crippen molar-refractivity contribution >= 4 is 82.1 Å². The Hall–Kier alpha value is -5.29. The number of thiophene rings is 1. The highest BCUT2D eigenvalue weighted by Crippen LogP contribution is 2.34. The van der Waals surface area contributed by atoms with Crippen molar-refractivity contribution in [3.05, 3.63) is 170 Å². The van der Waals surface area contributed by atoms with E-state index < -0.39 is 8.07 Å². The quantitative estimate of drug-likeness (QED) is 0.143. The molecule has 4 heteroatoms. The van der Waals surface area contributed by atoms with E-state index in [1.807, 2.05) is 11.3 Å². The van der Waals surface area contributed by atoms with E-state index in [1.165, 1.54) is 62.7 Å². The smallest absolute Gasteiger partial charge is 0.182 e. The fourth-order valence-corrected chi connectivity index (χ4v) is 13.8. The monoisotopic (exact) mass is 608 g/mol. The molecule has 3 heterocycles. The molecule has 0 radical (unpaired) electrons. The first-order chi connectivity index (χ1) is 22.3. The highest BCUT2D eigenvalue weighted by atomic mass is 32.1. The van der Waals surface area contributed by atoms with E-state index in [0.29, 0.717) is 0 Å². The normalized spacial score (nSPS) is 12.0. The van der Waals surface area contributed by atoms with Gasteiger partial charge in [-0.15, -0.1) is 11.3 Å². The molecule has 212 valence electrons. The molecule has 0 N–H and O–H groups in total. The molecule has 9 aromatic rings. The third-order valence-electron chi connectivity index (χ3n) is 9.21. The maximum Gasteiger partial charge on any atom is 0.182 e. The van der Waals surface area contributed by atoms with Gasteiger partial charge in [-0.2, -0.15) is 0 Å². The molecule has 0 saturated carbocycles. The summed E-state index contributed by atoms with van der Waals surface area (Å²) >= 11 is 1.91. The van der Waals surface area contributed by atoms with Crippen molar-refractivity contribution in [2.24, 2.45) is 0 Å². The van der Waals surface area contributed by atoms with Gasteiger partial charge in [-0.25, -0.2) is 4.98 Å². The molecule has 45 heavy (non-hydrogen) atoms. The lowest BCUT2D eigenvalue weighted by molar-refractivity contribution is 1.08. The molecular formula is C41H28N2SSi. The van der Waals surface area contributed by atoms with Crippen molar-refractivity contribution in [1.29, 1.82) is 0 Å². The maximum absolute atomic E-state index is 5.29. The van der Waals surface area contributed by atoms with Crippen molar-refractivity contribution in [3.63, 3.8) is 0 Å². The third kappa shape index (κ3) is 3.90. The highest BCUT2D eigenvalue weighted by molar-refractivity contribution is 7.30. The first-order valence-corrected chi connectivity index (χ1v) is 18.1. The fourth-order valence-electron chi connectivity index (χ4n) is 7.29.